The molecule has 8 nitrogen and oxygen atoms in total. The molecule has 1 rings (SSSR count). The van der Waals surface area contributed by atoms with Gasteiger partial charge >= 0.3 is 11.9 Å². The molecular formula is C16H19NO7. The highest BCUT2D eigenvalue weighted by molar-refractivity contribution is 5.90. The molecule has 0 saturated heterocycles. The molecule has 1 amide bonds. The summed E-state index contributed by atoms with van der Waals surface area (Å²) in [6.07, 6.45) is 2.66. The van der Waals surface area contributed by atoms with Crippen molar-refractivity contribution in [3.63, 3.8) is 0 Å². The topological polar surface area (TPSA) is 100 Å². The smallest absolute Gasteiger partial charge is 0.331 e. The van der Waals surface area contributed by atoms with Gasteiger partial charge in [0, 0.05) is 17.7 Å². The van der Waals surface area contributed by atoms with Gasteiger partial charge in [-0.25, -0.2) is 4.79 Å². The van der Waals surface area contributed by atoms with Crippen LogP contribution in [-0.4, -0.2) is 52.3 Å². The molecule has 24 heavy (non-hydrogen) atoms. The third-order valence-electron chi connectivity index (χ3n) is 2.84. The quantitative estimate of drug-likeness (QED) is 0.546. The first-order chi connectivity index (χ1) is 11.5. The molecule has 0 spiro atoms. The van der Waals surface area contributed by atoms with Gasteiger partial charge in [0.05, 0.1) is 21.3 Å². The Hall–Kier alpha value is -3.03. The summed E-state index contributed by atoms with van der Waals surface area (Å²) in [5, 5.41) is 2.24. The Labute approximate surface area is 139 Å². The third kappa shape index (κ3) is 6.39. The summed E-state index contributed by atoms with van der Waals surface area (Å²) in [5.41, 5.74) is 0.644. The van der Waals surface area contributed by atoms with Crippen LogP contribution in [-0.2, 0) is 23.9 Å². The molecule has 0 heterocycles. The van der Waals surface area contributed by atoms with Crippen LogP contribution in [0.5, 0.6) is 11.5 Å². The minimum absolute atomic E-state index is 0.286. The van der Waals surface area contributed by atoms with E-state index in [1.165, 1.54) is 27.4 Å². The number of benzene rings is 1. The maximum atomic E-state index is 11.6. The monoisotopic (exact) mass is 337 g/mol. The Balaban J connectivity index is 2.51. The van der Waals surface area contributed by atoms with Crippen molar-refractivity contribution >= 4 is 23.9 Å². The van der Waals surface area contributed by atoms with Gasteiger partial charge in [0.15, 0.2) is 6.61 Å². The van der Waals surface area contributed by atoms with E-state index in [0.717, 1.165) is 6.08 Å². The van der Waals surface area contributed by atoms with Crippen molar-refractivity contribution in [2.24, 2.45) is 0 Å². The van der Waals surface area contributed by atoms with Gasteiger partial charge < -0.3 is 24.3 Å². The van der Waals surface area contributed by atoms with Crippen molar-refractivity contribution in [3.05, 3.63) is 29.8 Å². The number of methoxy groups -OCH3 is 3. The molecule has 0 aliphatic rings. The van der Waals surface area contributed by atoms with Crippen LogP contribution in [0.4, 0.5) is 0 Å². The minimum atomic E-state index is -0.707. The summed E-state index contributed by atoms with van der Waals surface area (Å²) in [5.74, 6) is -0.769. The second kappa shape index (κ2) is 9.88. The van der Waals surface area contributed by atoms with Crippen LogP contribution < -0.4 is 14.8 Å². The summed E-state index contributed by atoms with van der Waals surface area (Å²) in [6.45, 7) is -0.786. The van der Waals surface area contributed by atoms with Gasteiger partial charge in [-0.15, -0.1) is 0 Å². The molecule has 130 valence electrons. The molecule has 0 aliphatic carbocycles. The number of nitrogens with one attached hydrogen (secondary N) is 1. The molecule has 1 aromatic rings. The van der Waals surface area contributed by atoms with Crippen molar-refractivity contribution < 1.29 is 33.3 Å². The molecule has 0 radical (unpaired) electrons. The summed E-state index contributed by atoms with van der Waals surface area (Å²) >= 11 is 0. The maximum Gasteiger partial charge on any atom is 0.331 e. The van der Waals surface area contributed by atoms with Crippen molar-refractivity contribution in [2.75, 3.05) is 34.5 Å². The number of hydrogen-bond acceptors (Lipinski definition) is 7. The zero-order valence-electron chi connectivity index (χ0n) is 13.7. The van der Waals surface area contributed by atoms with E-state index in [1.54, 1.807) is 18.2 Å². The number of carbonyl (C=O) groups is 3. The van der Waals surface area contributed by atoms with Crippen molar-refractivity contribution in [3.8, 4) is 11.5 Å². The summed E-state index contributed by atoms with van der Waals surface area (Å²) in [7, 11) is 4.23. The average Bonchev–Trinajstić information content (AvgIpc) is 2.62. The van der Waals surface area contributed by atoms with E-state index in [0.29, 0.717) is 17.1 Å². The van der Waals surface area contributed by atoms with Gasteiger partial charge in [-0.05, 0) is 18.2 Å². The van der Waals surface area contributed by atoms with Gasteiger partial charge in [0.1, 0.15) is 18.0 Å². The van der Waals surface area contributed by atoms with Crippen LogP contribution in [0, 0.1) is 0 Å². The lowest BCUT2D eigenvalue weighted by Crippen LogP contribution is -2.33. The Bertz CT molecular complexity index is 625. The van der Waals surface area contributed by atoms with E-state index in [1.807, 2.05) is 0 Å². The lowest BCUT2D eigenvalue weighted by molar-refractivity contribution is -0.145. The van der Waals surface area contributed by atoms with Gasteiger partial charge in [-0.2, -0.15) is 0 Å². The Morgan fingerprint density at radius 1 is 1.12 bits per heavy atom. The summed E-state index contributed by atoms with van der Waals surface area (Å²) in [4.78, 5) is 33.8. The van der Waals surface area contributed by atoms with Gasteiger partial charge in [0.2, 0.25) is 0 Å². The highest BCUT2D eigenvalue weighted by Gasteiger charge is 2.08. The van der Waals surface area contributed by atoms with E-state index in [4.69, 9.17) is 14.2 Å². The second-order valence-electron chi connectivity index (χ2n) is 4.40. The first kappa shape index (κ1) is 19.0. The number of carbonyl (C=O) groups excluding carboxylic acids is 3. The fourth-order valence-corrected chi connectivity index (χ4v) is 1.59. The fraction of sp³-hybridized carbons (Fsp3) is 0.312. The van der Waals surface area contributed by atoms with E-state index in [2.05, 4.69) is 10.1 Å². The fourth-order valence-electron chi connectivity index (χ4n) is 1.59. The number of esters is 2. The highest BCUT2D eigenvalue weighted by Crippen LogP contribution is 2.25. The van der Waals surface area contributed by atoms with Crippen molar-refractivity contribution in [1.82, 2.24) is 5.32 Å². The first-order valence-corrected chi connectivity index (χ1v) is 6.90. The molecule has 1 N–H and O–H groups in total. The van der Waals surface area contributed by atoms with Crippen molar-refractivity contribution in [1.29, 1.82) is 0 Å². The Kier molecular flexibility index (Phi) is 7.83. The Morgan fingerprint density at radius 3 is 2.50 bits per heavy atom. The SMILES string of the molecule is COC(=O)CNC(=O)COC(=O)C=Cc1ccc(OC)cc1OC. The van der Waals surface area contributed by atoms with Gasteiger partial charge in [-0.1, -0.05) is 0 Å². The molecule has 0 aromatic heterocycles. The standard InChI is InChI=1S/C16H19NO7/c1-21-12-6-4-11(13(8-12)22-2)5-7-15(19)24-10-14(18)17-9-16(20)23-3/h4-8H,9-10H2,1-3H3,(H,17,18). The van der Waals surface area contributed by atoms with Crippen LogP contribution >= 0.6 is 0 Å². The molecule has 0 unspecified atom stereocenters. The van der Waals surface area contributed by atoms with Gasteiger partial charge in [-0.3, -0.25) is 9.59 Å². The van der Waals surface area contributed by atoms with Crippen LogP contribution in [0.25, 0.3) is 6.08 Å². The summed E-state index contributed by atoms with van der Waals surface area (Å²) in [6, 6.07) is 5.10. The van der Waals surface area contributed by atoms with E-state index in [-0.39, 0.29) is 6.54 Å². The highest BCUT2D eigenvalue weighted by atomic mass is 16.5. The summed E-state index contributed by atoms with van der Waals surface area (Å²) < 4.78 is 19.4. The first-order valence-electron chi connectivity index (χ1n) is 6.90. The van der Waals surface area contributed by atoms with Crippen molar-refractivity contribution in [2.45, 2.75) is 0 Å². The number of rotatable bonds is 8. The number of ether oxygens (including phenoxy) is 4. The van der Waals surface area contributed by atoms with Crippen LogP contribution in [0.3, 0.4) is 0 Å². The third-order valence-corrected chi connectivity index (χ3v) is 2.84. The van der Waals surface area contributed by atoms with Crippen LogP contribution in [0.1, 0.15) is 5.56 Å². The second-order valence-corrected chi connectivity index (χ2v) is 4.40. The van der Waals surface area contributed by atoms with E-state index in [9.17, 15) is 14.4 Å². The Morgan fingerprint density at radius 2 is 1.88 bits per heavy atom. The van der Waals surface area contributed by atoms with E-state index >= 15 is 0 Å². The molecule has 0 atom stereocenters. The minimum Gasteiger partial charge on any atom is -0.497 e. The molecule has 0 aliphatic heterocycles. The molecule has 0 fully saturated rings. The molecule has 1 aromatic carbocycles. The average molecular weight is 337 g/mol. The van der Waals surface area contributed by atoms with Crippen LogP contribution in [0.15, 0.2) is 24.3 Å². The van der Waals surface area contributed by atoms with Crippen LogP contribution in [0.2, 0.25) is 0 Å². The molecule has 8 heteroatoms. The predicted molar refractivity (Wildman–Crippen MR) is 84.6 cm³/mol. The van der Waals surface area contributed by atoms with E-state index < -0.39 is 24.5 Å². The molecule has 0 saturated carbocycles. The molecule has 0 bridgehead atoms. The zero-order valence-corrected chi connectivity index (χ0v) is 13.7. The maximum absolute atomic E-state index is 11.6. The molecular weight excluding hydrogens is 318 g/mol. The largest absolute Gasteiger partial charge is 0.497 e. The number of hydrogen-bond donors (Lipinski definition) is 1. The lowest BCUT2D eigenvalue weighted by atomic mass is 10.2. The lowest BCUT2D eigenvalue weighted by Gasteiger charge is -2.07. The number of amides is 1. The zero-order chi connectivity index (χ0) is 17.9. The van der Waals surface area contributed by atoms with Gasteiger partial charge in [0.25, 0.3) is 5.91 Å². The normalized spacial score (nSPS) is 10.1. The predicted octanol–water partition coefficient (Wildman–Crippen LogP) is 0.549.